The predicted molar refractivity (Wildman–Crippen MR) is 549 cm³/mol. The van der Waals surface area contributed by atoms with Crippen molar-refractivity contribution >= 4 is 49.0 Å². The highest BCUT2D eigenvalue weighted by Gasteiger charge is 2.72. The first-order chi connectivity index (χ1) is 63.1. The molecule has 3 aliphatic heterocycles. The van der Waals surface area contributed by atoms with Gasteiger partial charge in [-0.05, 0) is 314 Å². The van der Waals surface area contributed by atoms with Crippen LogP contribution in [0.15, 0.2) is 36.5 Å². The number of Topliss-reactive ketones (excluding diaryl/α,β-unsaturated/α-hetero) is 1. The molecule has 0 bridgehead atoms. The van der Waals surface area contributed by atoms with Crippen LogP contribution in [-0.4, -0.2) is 247 Å². The zero-order valence-electron chi connectivity index (χ0n) is 91.6. The first-order valence-electron chi connectivity index (χ1n) is 54.3. The van der Waals surface area contributed by atoms with Gasteiger partial charge in [0.15, 0.2) is 42.3 Å². The van der Waals surface area contributed by atoms with Gasteiger partial charge in [-0.1, -0.05) is 154 Å². The van der Waals surface area contributed by atoms with Crippen LogP contribution in [0.25, 0.3) is 0 Å². The minimum absolute atomic E-state index is 0.00553. The standard InChI is InChI=1S/C32H57NO5Si.C30H55NO4Si.C28H48O6Si.C22H37NO3/c1-23(34)37-28-26(14-17-31(6)27(28)15-18-32(31)35-20-21-36-32)30(5)16-13-25(38-39(9,10)29(2,3)4)22-24(30)12-11-19-33(7)8;1-27(2,3)36(8,9)35-23-12-15-28(4,22(21-23)11-10-18-31(6)7)24-13-16-29(5)25(26(24)32)14-17-30(29)33-19-20-34-30;1-19(30)33-24-22(10-13-27(6)23(24)11-14-28(27)31-15-16-32-28)26(5)12-9-21(17-20(26)18-29)34-35(7,8)25(2,3)4;1-21(11-9-16(24)14-15(21)6-5-13-23(3)4)18-10-12-22(2)17(20(18)26)7-8-19(22)25/h11-12,24-28H,13-22H2,1-10H3;10-11,22-26,32H,12-21H2,1-9H3;18,20-24H,9-17H2,1-8H3;5-6,15-18,20,24,26H,7-14H2,1-4H3/b12-11-;11-10-;;6-5-/t24-,25-,26?,27?,28+,30-,31-;22-,23-,24?,25?,26+,28-,29-;20-,21+,22?,23?,24-,26+,27+;15-,16-,17?,18?,20-,21-,22-/m0010/s1. The first-order valence-corrected chi connectivity index (χ1v) is 63.0. The monoisotopic (exact) mass is 1960 g/mol. The van der Waals surface area contributed by atoms with E-state index in [0.717, 1.165) is 193 Å². The van der Waals surface area contributed by atoms with Gasteiger partial charge in [-0.25, -0.2) is 0 Å². The Morgan fingerprint density at radius 2 is 0.662 bits per heavy atom. The minimum atomic E-state index is -1.92. The molecule has 24 heteroatoms. The lowest BCUT2D eigenvalue weighted by Crippen LogP contribution is -2.58. The molecule has 780 valence electrons. The topological polar surface area (TPSA) is 240 Å². The number of esters is 2. The van der Waals surface area contributed by atoms with Crippen LogP contribution in [-0.2, 0) is 70.4 Å². The number of rotatable bonds is 22. The molecule has 3 heterocycles. The fourth-order valence-corrected chi connectivity index (χ4v) is 34.2. The molecule has 3 N–H and O–H groups in total. The van der Waals surface area contributed by atoms with Crippen molar-refractivity contribution < 1.29 is 85.7 Å². The zero-order chi connectivity index (χ0) is 100. The molecule has 0 aromatic heterocycles. The van der Waals surface area contributed by atoms with Crippen LogP contribution >= 0.6 is 0 Å². The number of hydrogen-bond donors (Lipinski definition) is 3. The Balaban J connectivity index is 0.000000164. The molecular weight excluding hydrogens is 1760 g/mol. The Hall–Kier alpha value is -2.45. The molecule has 15 aliphatic rings. The molecule has 3 spiro atoms. The van der Waals surface area contributed by atoms with Crippen LogP contribution in [0.4, 0.5) is 0 Å². The van der Waals surface area contributed by atoms with Gasteiger partial charge in [0.1, 0.15) is 24.3 Å². The van der Waals surface area contributed by atoms with Gasteiger partial charge in [0.05, 0.1) is 58.0 Å². The average molecular weight is 1960 g/mol. The molecule has 3 saturated heterocycles. The molecular formula is C112H197N3O18Si3. The van der Waals surface area contributed by atoms with E-state index in [4.69, 9.17) is 51.2 Å². The Bertz CT molecular complexity index is 4100. The van der Waals surface area contributed by atoms with Crippen LogP contribution in [0, 0.1) is 114 Å². The lowest BCUT2D eigenvalue weighted by molar-refractivity contribution is -0.252. The number of allylic oxidation sites excluding steroid dienone is 3. The van der Waals surface area contributed by atoms with Gasteiger partial charge in [-0.3, -0.25) is 14.4 Å². The Labute approximate surface area is 828 Å². The summed E-state index contributed by atoms with van der Waals surface area (Å²) in [6, 6.07) is 0. The number of ketones is 1. The van der Waals surface area contributed by atoms with Gasteiger partial charge in [-0.15, -0.1) is 0 Å². The summed E-state index contributed by atoms with van der Waals surface area (Å²) < 4.78 is 70.8. The van der Waals surface area contributed by atoms with Crippen LogP contribution in [0.2, 0.25) is 54.4 Å². The van der Waals surface area contributed by atoms with Crippen molar-refractivity contribution in [3.63, 3.8) is 0 Å². The summed E-state index contributed by atoms with van der Waals surface area (Å²) >= 11 is 0. The molecule has 136 heavy (non-hydrogen) atoms. The van der Waals surface area contributed by atoms with Gasteiger partial charge in [0.2, 0.25) is 0 Å². The lowest BCUT2D eigenvalue weighted by Gasteiger charge is -2.57. The molecule has 15 rings (SSSR count). The summed E-state index contributed by atoms with van der Waals surface area (Å²) in [4.78, 5) is 56.4. The zero-order valence-corrected chi connectivity index (χ0v) is 94.6. The highest BCUT2D eigenvalue weighted by molar-refractivity contribution is 6.75. The van der Waals surface area contributed by atoms with E-state index in [9.17, 15) is 34.5 Å². The minimum Gasteiger partial charge on any atom is -0.462 e. The van der Waals surface area contributed by atoms with Gasteiger partial charge < -0.3 is 86.0 Å². The summed E-state index contributed by atoms with van der Waals surface area (Å²) in [5, 5.41) is 34.1. The number of nitrogens with zero attached hydrogens (tertiary/aromatic N) is 3. The molecule has 12 aliphatic carbocycles. The van der Waals surface area contributed by atoms with E-state index in [1.807, 2.05) is 0 Å². The van der Waals surface area contributed by atoms with Crippen molar-refractivity contribution in [3.05, 3.63) is 36.5 Å². The largest absolute Gasteiger partial charge is 0.462 e. The van der Waals surface area contributed by atoms with Crippen molar-refractivity contribution in [2.24, 2.45) is 114 Å². The van der Waals surface area contributed by atoms with Gasteiger partial charge in [-0.2, -0.15) is 0 Å². The Kier molecular flexibility index (Phi) is 35.0. The number of aliphatic hydroxyl groups excluding tert-OH is 3. The molecule has 21 nitrogen and oxygen atoms in total. The number of fused-ring (bicyclic) bond motifs is 7. The van der Waals surface area contributed by atoms with E-state index in [1.54, 1.807) is 6.92 Å². The summed E-state index contributed by atoms with van der Waals surface area (Å²) in [6.45, 7) is 63.3. The van der Waals surface area contributed by atoms with E-state index in [0.29, 0.717) is 81.6 Å². The number of aldehydes is 1. The van der Waals surface area contributed by atoms with Crippen LogP contribution in [0.5, 0.6) is 0 Å². The van der Waals surface area contributed by atoms with Crippen molar-refractivity contribution in [2.45, 2.75) is 432 Å². The van der Waals surface area contributed by atoms with E-state index in [1.165, 1.54) is 13.2 Å². The third-order valence-corrected chi connectivity index (χ3v) is 55.5. The molecule has 0 amide bonds. The maximum atomic E-state index is 12.6. The second kappa shape index (κ2) is 42.4. The fraction of sp³-hybridized carbons (Fsp3) is 0.911. The molecule has 0 radical (unpaired) electrons. The molecule has 0 aromatic carbocycles. The predicted octanol–water partition coefficient (Wildman–Crippen LogP) is 21.9. The molecule has 15 fully saturated rings. The molecule has 28 atom stereocenters. The van der Waals surface area contributed by atoms with Gasteiger partial charge in [0, 0.05) is 129 Å². The highest BCUT2D eigenvalue weighted by atomic mass is 28.4. The lowest BCUT2D eigenvalue weighted by atomic mass is 9.51. The maximum Gasteiger partial charge on any atom is 0.302 e. The fourth-order valence-electron chi connectivity index (χ4n) is 30.0. The second-order valence-corrected chi connectivity index (χ2v) is 67.9. The summed E-state index contributed by atoms with van der Waals surface area (Å²) in [5.41, 5.74) is -0.830. The molecule has 8 unspecified atom stereocenters. The normalized spacial score (nSPS) is 41.8. The van der Waals surface area contributed by atoms with Crippen molar-refractivity contribution in [3.8, 4) is 0 Å². The highest BCUT2D eigenvalue weighted by Crippen LogP contribution is 2.71. The quantitative estimate of drug-likeness (QED) is 0.0395. The maximum absolute atomic E-state index is 12.6. The first kappa shape index (κ1) is 112. The van der Waals surface area contributed by atoms with Crippen molar-refractivity contribution in [1.29, 1.82) is 0 Å². The van der Waals surface area contributed by atoms with Gasteiger partial charge >= 0.3 is 11.9 Å². The van der Waals surface area contributed by atoms with Crippen molar-refractivity contribution in [1.82, 2.24) is 14.7 Å². The van der Waals surface area contributed by atoms with Crippen molar-refractivity contribution in [2.75, 3.05) is 102 Å². The van der Waals surface area contributed by atoms with E-state index >= 15 is 0 Å². The van der Waals surface area contributed by atoms with E-state index in [2.05, 4.69) is 250 Å². The smallest absolute Gasteiger partial charge is 0.302 e. The number of likely N-dealkylation sites (N-methyl/N-ethyl adjacent to an activating group) is 3. The summed E-state index contributed by atoms with van der Waals surface area (Å²) in [5.74, 6) is 1.15. The third-order valence-electron chi connectivity index (χ3n) is 41.9. The van der Waals surface area contributed by atoms with Gasteiger partial charge in [0.25, 0.3) is 0 Å². The average Bonchev–Trinajstić information content (AvgIpc) is 1.42. The number of carbonyl (C=O) groups is 4. The van der Waals surface area contributed by atoms with Crippen LogP contribution in [0.3, 0.4) is 0 Å². The van der Waals surface area contributed by atoms with Crippen LogP contribution in [0.1, 0.15) is 311 Å². The third kappa shape index (κ3) is 22.1. The van der Waals surface area contributed by atoms with E-state index < -0.39 is 48.4 Å². The summed E-state index contributed by atoms with van der Waals surface area (Å²) in [7, 11) is 7.00. The van der Waals surface area contributed by atoms with Crippen LogP contribution < -0.4 is 0 Å². The number of aliphatic hydroxyl groups is 3. The second-order valence-electron chi connectivity index (χ2n) is 53.6. The number of ether oxygens (including phenoxy) is 8. The number of hydrogen-bond acceptors (Lipinski definition) is 21. The molecule has 12 saturated carbocycles. The summed E-state index contributed by atoms with van der Waals surface area (Å²) in [6.07, 6.45) is 41.3. The number of carbonyl (C=O) groups excluding carboxylic acids is 4. The SMILES string of the molecule is CC(=O)O[C@H]1C2CCC3(OCCO3)[C@@]2(C)CCC1[C@@]1(C)CC[C@H](O[Si](C)(C)C(C)(C)C)C[C@@H]1/C=C\CN(C)C.CC(=O)O[C@H]1C2CCC3(OCCO3)[C@@]2(C)CCC1[C@@]1(C)CC[C@H](O[Si](C)(C)C(C)(C)C)C[C@@H]1C=O.CN(C)C/C=C\[C@H]1C[C@@H](O)CC[C@]1(C)C1CC[C@]2(C)C(=O)CCC2[C@@H]1O.CN(C)C/C=C\[C@H]1C[C@@H](O[Si](C)(C)C(C)(C)C)CC[C@]1(C)C1CC[C@@]2(C)C(CCC23OCCO3)[C@@H]1O. The van der Waals surface area contributed by atoms with E-state index in [-0.39, 0.29) is 154 Å². The Morgan fingerprint density at radius 1 is 0.375 bits per heavy atom. The molecule has 0 aromatic rings. The Morgan fingerprint density at radius 3 is 1.00 bits per heavy atom.